The van der Waals surface area contributed by atoms with Crippen LogP contribution in [0.5, 0.6) is 0 Å². The Morgan fingerprint density at radius 2 is 2.04 bits per heavy atom. The summed E-state index contributed by atoms with van der Waals surface area (Å²) in [6.07, 6.45) is 4.63. The van der Waals surface area contributed by atoms with Gasteiger partial charge in [0.1, 0.15) is 5.69 Å². The highest BCUT2D eigenvalue weighted by molar-refractivity contribution is 5.92. The Hall–Kier alpha value is -2.96. The van der Waals surface area contributed by atoms with E-state index >= 15 is 0 Å². The number of nitrogens with one attached hydrogen (secondary N) is 2. The summed E-state index contributed by atoms with van der Waals surface area (Å²) in [5, 5.41) is 5.82. The number of hydrogen-bond acceptors (Lipinski definition) is 6. The highest BCUT2D eigenvalue weighted by Crippen LogP contribution is 2.15. The first kappa shape index (κ1) is 18.4. The maximum atomic E-state index is 12.1. The molecule has 0 aliphatic carbocycles. The molecule has 1 aromatic heterocycles. The number of aromatic nitrogens is 2. The molecule has 7 nitrogen and oxygen atoms in total. The standard InChI is InChI=1S/C18H22N4O3/c1-3-4-5-10-19-16(23)15-9-11-20-18(22-15)21-14-8-6-7-13(12-14)17(24)25-2/h6-9,11-12H,3-5,10H2,1-2H3,(H,19,23)(H,20,21,22). The quantitative estimate of drug-likeness (QED) is 0.566. The van der Waals surface area contributed by atoms with E-state index in [9.17, 15) is 9.59 Å². The molecule has 7 heteroatoms. The molecule has 2 aromatic rings. The summed E-state index contributed by atoms with van der Waals surface area (Å²) in [5.74, 6) is -0.377. The van der Waals surface area contributed by atoms with E-state index in [-0.39, 0.29) is 17.5 Å². The molecule has 2 N–H and O–H groups in total. The van der Waals surface area contributed by atoms with Gasteiger partial charge in [-0.2, -0.15) is 0 Å². The number of carbonyl (C=O) groups excluding carboxylic acids is 2. The Morgan fingerprint density at radius 3 is 2.80 bits per heavy atom. The molecule has 1 amide bonds. The van der Waals surface area contributed by atoms with E-state index < -0.39 is 5.97 Å². The van der Waals surface area contributed by atoms with Gasteiger partial charge in [0.05, 0.1) is 12.7 Å². The van der Waals surface area contributed by atoms with Crippen molar-refractivity contribution in [2.24, 2.45) is 0 Å². The van der Waals surface area contributed by atoms with Gasteiger partial charge in [-0.3, -0.25) is 4.79 Å². The molecular weight excluding hydrogens is 320 g/mol. The number of unbranched alkanes of at least 4 members (excludes halogenated alkanes) is 2. The second kappa shape index (κ2) is 9.36. The molecule has 132 valence electrons. The van der Waals surface area contributed by atoms with Crippen molar-refractivity contribution in [2.75, 3.05) is 19.0 Å². The summed E-state index contributed by atoms with van der Waals surface area (Å²) < 4.78 is 4.70. The van der Waals surface area contributed by atoms with Gasteiger partial charge < -0.3 is 15.4 Å². The second-order valence-corrected chi connectivity index (χ2v) is 5.43. The van der Waals surface area contributed by atoms with Crippen LogP contribution in [0.25, 0.3) is 0 Å². The number of methoxy groups -OCH3 is 1. The summed E-state index contributed by atoms with van der Waals surface area (Å²) in [7, 11) is 1.33. The van der Waals surface area contributed by atoms with Crippen LogP contribution < -0.4 is 10.6 Å². The van der Waals surface area contributed by atoms with Crippen molar-refractivity contribution in [2.45, 2.75) is 26.2 Å². The van der Waals surface area contributed by atoms with E-state index in [1.54, 1.807) is 30.3 Å². The minimum atomic E-state index is -0.426. The third-order valence-electron chi connectivity index (χ3n) is 3.49. The molecule has 0 aliphatic heterocycles. The summed E-state index contributed by atoms with van der Waals surface area (Å²) in [4.78, 5) is 32.0. The predicted octanol–water partition coefficient (Wildman–Crippen LogP) is 2.93. The van der Waals surface area contributed by atoms with Gasteiger partial charge in [-0.25, -0.2) is 14.8 Å². The van der Waals surface area contributed by atoms with Crippen molar-refractivity contribution < 1.29 is 14.3 Å². The van der Waals surface area contributed by atoms with Gasteiger partial charge in [0.25, 0.3) is 5.91 Å². The van der Waals surface area contributed by atoms with Gasteiger partial charge in [0.2, 0.25) is 5.95 Å². The number of rotatable bonds is 8. The third-order valence-corrected chi connectivity index (χ3v) is 3.49. The van der Waals surface area contributed by atoms with E-state index in [0.29, 0.717) is 17.8 Å². The molecule has 2 rings (SSSR count). The fourth-order valence-corrected chi connectivity index (χ4v) is 2.18. The Balaban J connectivity index is 2.04. The van der Waals surface area contributed by atoms with Crippen LogP contribution >= 0.6 is 0 Å². The molecular formula is C18H22N4O3. The number of esters is 1. The van der Waals surface area contributed by atoms with Gasteiger partial charge in [-0.1, -0.05) is 25.8 Å². The van der Waals surface area contributed by atoms with E-state index in [1.807, 2.05) is 0 Å². The van der Waals surface area contributed by atoms with Crippen molar-refractivity contribution in [3.8, 4) is 0 Å². The zero-order chi connectivity index (χ0) is 18.1. The van der Waals surface area contributed by atoms with Gasteiger partial charge in [0.15, 0.2) is 0 Å². The zero-order valence-electron chi connectivity index (χ0n) is 14.4. The smallest absolute Gasteiger partial charge is 0.337 e. The Labute approximate surface area is 146 Å². The Morgan fingerprint density at radius 1 is 1.20 bits per heavy atom. The first-order valence-corrected chi connectivity index (χ1v) is 8.20. The van der Waals surface area contributed by atoms with E-state index in [2.05, 4.69) is 27.5 Å². The lowest BCUT2D eigenvalue weighted by Gasteiger charge is -2.08. The predicted molar refractivity (Wildman–Crippen MR) is 95.0 cm³/mol. The third kappa shape index (κ3) is 5.56. The minimum absolute atomic E-state index is 0.232. The SMILES string of the molecule is CCCCCNC(=O)c1ccnc(Nc2cccc(C(=O)OC)c2)n1. The molecule has 0 aliphatic rings. The molecule has 0 unspecified atom stereocenters. The van der Waals surface area contributed by atoms with Gasteiger partial charge in [0, 0.05) is 18.4 Å². The van der Waals surface area contributed by atoms with Crippen LogP contribution in [0.15, 0.2) is 36.5 Å². The van der Waals surface area contributed by atoms with Crippen LogP contribution in [0, 0.1) is 0 Å². The van der Waals surface area contributed by atoms with E-state index in [1.165, 1.54) is 13.3 Å². The van der Waals surface area contributed by atoms with E-state index in [0.717, 1.165) is 19.3 Å². The molecule has 0 atom stereocenters. The van der Waals surface area contributed by atoms with Gasteiger partial charge in [-0.15, -0.1) is 0 Å². The van der Waals surface area contributed by atoms with Crippen molar-refractivity contribution >= 4 is 23.5 Å². The molecule has 0 saturated carbocycles. The maximum Gasteiger partial charge on any atom is 0.337 e. The lowest BCUT2D eigenvalue weighted by atomic mass is 10.2. The normalized spacial score (nSPS) is 10.2. The summed E-state index contributed by atoms with van der Waals surface area (Å²) in [6.45, 7) is 2.74. The highest BCUT2D eigenvalue weighted by atomic mass is 16.5. The van der Waals surface area contributed by atoms with Crippen molar-refractivity contribution in [3.63, 3.8) is 0 Å². The Bertz CT molecular complexity index is 734. The number of amides is 1. The molecule has 0 radical (unpaired) electrons. The molecule has 0 spiro atoms. The van der Waals surface area contributed by atoms with Gasteiger partial charge in [-0.05, 0) is 30.7 Å². The molecule has 25 heavy (non-hydrogen) atoms. The number of nitrogens with zero attached hydrogens (tertiary/aromatic N) is 2. The lowest BCUT2D eigenvalue weighted by molar-refractivity contribution is 0.0600. The molecule has 0 fully saturated rings. The van der Waals surface area contributed by atoms with Crippen LogP contribution in [0.2, 0.25) is 0 Å². The number of carbonyl (C=O) groups is 2. The fraction of sp³-hybridized carbons (Fsp3) is 0.333. The van der Waals surface area contributed by atoms with Crippen LogP contribution in [0.3, 0.4) is 0 Å². The number of benzene rings is 1. The monoisotopic (exact) mass is 342 g/mol. The van der Waals surface area contributed by atoms with E-state index in [4.69, 9.17) is 4.74 Å². The zero-order valence-corrected chi connectivity index (χ0v) is 14.4. The molecule has 0 saturated heterocycles. The van der Waals surface area contributed by atoms with Crippen LogP contribution in [0.4, 0.5) is 11.6 Å². The number of ether oxygens (including phenoxy) is 1. The average molecular weight is 342 g/mol. The van der Waals surface area contributed by atoms with Crippen molar-refractivity contribution in [1.29, 1.82) is 0 Å². The fourth-order valence-electron chi connectivity index (χ4n) is 2.18. The first-order valence-electron chi connectivity index (χ1n) is 8.20. The second-order valence-electron chi connectivity index (χ2n) is 5.43. The topological polar surface area (TPSA) is 93.2 Å². The lowest BCUT2D eigenvalue weighted by Crippen LogP contribution is -2.25. The van der Waals surface area contributed by atoms with Crippen LogP contribution in [0.1, 0.15) is 47.0 Å². The summed E-state index contributed by atoms with van der Waals surface area (Å²) in [5.41, 5.74) is 1.33. The first-order chi connectivity index (χ1) is 12.1. The number of hydrogen-bond donors (Lipinski definition) is 2. The van der Waals surface area contributed by atoms with Crippen LogP contribution in [-0.4, -0.2) is 35.5 Å². The van der Waals surface area contributed by atoms with Crippen molar-refractivity contribution in [1.82, 2.24) is 15.3 Å². The summed E-state index contributed by atoms with van der Waals surface area (Å²) in [6, 6.07) is 8.34. The summed E-state index contributed by atoms with van der Waals surface area (Å²) >= 11 is 0. The molecule has 0 bridgehead atoms. The largest absolute Gasteiger partial charge is 0.465 e. The average Bonchev–Trinajstić information content (AvgIpc) is 2.65. The molecule has 1 heterocycles. The van der Waals surface area contributed by atoms with Crippen LogP contribution in [-0.2, 0) is 4.74 Å². The van der Waals surface area contributed by atoms with Gasteiger partial charge >= 0.3 is 5.97 Å². The highest BCUT2D eigenvalue weighted by Gasteiger charge is 2.10. The minimum Gasteiger partial charge on any atom is -0.465 e. The molecule has 1 aromatic carbocycles. The Kier molecular flexibility index (Phi) is 6.88. The van der Waals surface area contributed by atoms with Crippen molar-refractivity contribution in [3.05, 3.63) is 47.8 Å². The maximum absolute atomic E-state index is 12.1. The number of anilines is 2.